The number of sulfonamides is 1. The fraction of sp³-hybridized carbons (Fsp3) is 0.385. The van der Waals surface area contributed by atoms with Crippen molar-refractivity contribution < 1.29 is 17.9 Å². The number of hydrogen-bond donors (Lipinski definition) is 1. The first kappa shape index (κ1) is 25.1. The molecular formula is C26H32N4O4S. The summed E-state index contributed by atoms with van der Waals surface area (Å²) in [5.41, 5.74) is 1.87. The summed E-state index contributed by atoms with van der Waals surface area (Å²) in [6, 6.07) is 11.5. The quantitative estimate of drug-likeness (QED) is 0.564. The Hall–Kier alpha value is -3.01. The predicted molar refractivity (Wildman–Crippen MR) is 139 cm³/mol. The van der Waals surface area contributed by atoms with E-state index < -0.39 is 10.0 Å². The number of nitrogens with one attached hydrogen (secondary N) is 1. The molecule has 0 radical (unpaired) electrons. The highest BCUT2D eigenvalue weighted by Crippen LogP contribution is 2.30. The molecule has 2 aromatic rings. The number of piperazine rings is 1. The highest BCUT2D eigenvalue weighted by molar-refractivity contribution is 7.92. The van der Waals surface area contributed by atoms with E-state index in [1.165, 1.54) is 6.07 Å². The molecule has 2 aliphatic heterocycles. The van der Waals surface area contributed by atoms with E-state index in [-0.39, 0.29) is 10.8 Å². The van der Waals surface area contributed by atoms with Crippen LogP contribution in [-0.2, 0) is 14.8 Å². The largest absolute Gasteiger partial charge is 0.381 e. The SMILES string of the molecule is C=Nc1c(/C=C\C)cccc1S(=O)(=O)Nc1ccc(C(=O)N2CCN(CC3CCOC3)CC2)cc1. The number of benzene rings is 2. The molecule has 186 valence electrons. The molecule has 9 heteroatoms. The van der Waals surface area contributed by atoms with Gasteiger partial charge < -0.3 is 9.64 Å². The van der Waals surface area contributed by atoms with Crippen LogP contribution in [0.4, 0.5) is 11.4 Å². The first-order valence-corrected chi connectivity index (χ1v) is 13.3. The summed E-state index contributed by atoms with van der Waals surface area (Å²) in [6.45, 7) is 11.2. The Morgan fingerprint density at radius 2 is 1.91 bits per heavy atom. The van der Waals surface area contributed by atoms with Crippen LogP contribution in [0.3, 0.4) is 0 Å². The van der Waals surface area contributed by atoms with Crippen LogP contribution in [0.1, 0.15) is 29.3 Å². The maximum Gasteiger partial charge on any atom is 0.264 e. The first-order chi connectivity index (χ1) is 16.9. The molecule has 8 nitrogen and oxygen atoms in total. The molecule has 2 aromatic carbocycles. The fourth-order valence-corrected chi connectivity index (χ4v) is 5.79. The molecule has 4 rings (SSSR count). The Balaban J connectivity index is 1.39. The summed E-state index contributed by atoms with van der Waals surface area (Å²) in [5, 5.41) is 0. The lowest BCUT2D eigenvalue weighted by atomic mass is 10.1. The zero-order valence-electron chi connectivity index (χ0n) is 20.0. The van der Waals surface area contributed by atoms with E-state index in [1.807, 2.05) is 17.9 Å². The number of nitrogens with zero attached hydrogens (tertiary/aromatic N) is 3. The van der Waals surface area contributed by atoms with Gasteiger partial charge in [-0.2, -0.15) is 0 Å². The van der Waals surface area contributed by atoms with Gasteiger partial charge in [-0.25, -0.2) is 8.42 Å². The van der Waals surface area contributed by atoms with Crippen molar-refractivity contribution >= 4 is 40.1 Å². The molecule has 0 aromatic heterocycles. The normalized spacial score (nSPS) is 19.2. The summed E-state index contributed by atoms with van der Waals surface area (Å²) >= 11 is 0. The van der Waals surface area contributed by atoms with Gasteiger partial charge in [-0.1, -0.05) is 24.3 Å². The molecule has 2 aliphatic rings. The molecule has 0 spiro atoms. The van der Waals surface area contributed by atoms with Crippen molar-refractivity contribution in [1.82, 2.24) is 9.80 Å². The molecule has 0 aliphatic carbocycles. The Kier molecular flexibility index (Phi) is 8.00. The average Bonchev–Trinajstić information content (AvgIpc) is 3.37. The minimum Gasteiger partial charge on any atom is -0.381 e. The molecule has 1 amide bonds. The van der Waals surface area contributed by atoms with Crippen molar-refractivity contribution in [3.8, 4) is 0 Å². The molecule has 1 unspecified atom stereocenters. The Morgan fingerprint density at radius 3 is 2.54 bits per heavy atom. The van der Waals surface area contributed by atoms with Crippen LogP contribution in [0.5, 0.6) is 0 Å². The standard InChI is InChI=1S/C26H32N4O4S/c1-3-5-21-6-4-7-24(25(21)27-2)35(32,33)28-23-10-8-22(9-11-23)26(31)30-15-13-29(14-16-30)18-20-12-17-34-19-20/h3-11,20,28H,2,12-19H2,1H3/b5-3-. The van der Waals surface area contributed by atoms with E-state index in [2.05, 4.69) is 21.3 Å². The van der Waals surface area contributed by atoms with Crippen LogP contribution in [0.25, 0.3) is 6.08 Å². The van der Waals surface area contributed by atoms with Gasteiger partial charge in [0, 0.05) is 56.1 Å². The van der Waals surface area contributed by atoms with Crippen LogP contribution in [0.2, 0.25) is 0 Å². The van der Waals surface area contributed by atoms with E-state index in [1.54, 1.807) is 42.5 Å². The monoisotopic (exact) mass is 496 g/mol. The number of anilines is 1. The molecule has 2 saturated heterocycles. The topological polar surface area (TPSA) is 91.3 Å². The van der Waals surface area contributed by atoms with Crippen molar-refractivity contribution in [3.05, 3.63) is 59.7 Å². The van der Waals surface area contributed by atoms with Crippen molar-refractivity contribution in [2.75, 3.05) is 50.7 Å². The number of aliphatic imine (C=N–C) groups is 1. The average molecular weight is 497 g/mol. The molecule has 2 fully saturated rings. The minimum atomic E-state index is -3.89. The van der Waals surface area contributed by atoms with Crippen LogP contribution in [0.15, 0.2) is 58.4 Å². The van der Waals surface area contributed by atoms with Gasteiger partial charge in [-0.3, -0.25) is 19.4 Å². The van der Waals surface area contributed by atoms with E-state index in [0.717, 1.165) is 39.3 Å². The van der Waals surface area contributed by atoms with E-state index in [4.69, 9.17) is 4.74 Å². The first-order valence-electron chi connectivity index (χ1n) is 11.9. The van der Waals surface area contributed by atoms with Gasteiger partial charge in [0.15, 0.2) is 0 Å². The van der Waals surface area contributed by atoms with Crippen molar-refractivity contribution in [1.29, 1.82) is 0 Å². The number of hydrogen-bond acceptors (Lipinski definition) is 6. The summed E-state index contributed by atoms with van der Waals surface area (Å²) in [4.78, 5) is 21.2. The zero-order valence-corrected chi connectivity index (χ0v) is 20.8. The second kappa shape index (κ2) is 11.2. The highest BCUT2D eigenvalue weighted by Gasteiger charge is 2.26. The molecule has 1 N–H and O–H groups in total. The van der Waals surface area contributed by atoms with Gasteiger partial charge in [0.1, 0.15) is 4.90 Å². The number of carbonyl (C=O) groups excluding carboxylic acids is 1. The van der Waals surface area contributed by atoms with Crippen LogP contribution in [-0.4, -0.2) is 76.8 Å². The van der Waals surface area contributed by atoms with E-state index in [0.29, 0.717) is 41.5 Å². The minimum absolute atomic E-state index is 0.0412. The number of para-hydroxylation sites is 1. The van der Waals surface area contributed by atoms with Gasteiger partial charge in [-0.05, 0) is 56.3 Å². The second-order valence-electron chi connectivity index (χ2n) is 8.86. The number of amides is 1. The number of ether oxygens (including phenoxy) is 1. The van der Waals surface area contributed by atoms with E-state index in [9.17, 15) is 13.2 Å². The van der Waals surface area contributed by atoms with Gasteiger partial charge >= 0.3 is 0 Å². The van der Waals surface area contributed by atoms with Gasteiger partial charge in [0.2, 0.25) is 0 Å². The van der Waals surface area contributed by atoms with Crippen LogP contribution in [0, 0.1) is 5.92 Å². The smallest absolute Gasteiger partial charge is 0.264 e. The zero-order chi connectivity index (χ0) is 24.8. The third-order valence-corrected chi connectivity index (χ3v) is 7.82. The summed E-state index contributed by atoms with van der Waals surface area (Å²) in [6.07, 6.45) is 4.71. The lowest BCUT2D eigenvalue weighted by Gasteiger charge is -2.35. The van der Waals surface area contributed by atoms with Crippen molar-refractivity contribution in [2.45, 2.75) is 18.2 Å². The van der Waals surface area contributed by atoms with Crippen LogP contribution < -0.4 is 4.72 Å². The Labute approximate surface area is 207 Å². The van der Waals surface area contributed by atoms with Crippen molar-refractivity contribution in [2.24, 2.45) is 10.9 Å². The van der Waals surface area contributed by atoms with Crippen molar-refractivity contribution in [3.63, 3.8) is 0 Å². The fourth-order valence-electron chi connectivity index (χ4n) is 4.54. The second-order valence-corrected chi connectivity index (χ2v) is 10.5. The summed E-state index contributed by atoms with van der Waals surface area (Å²) < 4.78 is 34.1. The van der Waals surface area contributed by atoms with Crippen LogP contribution >= 0.6 is 0 Å². The lowest BCUT2D eigenvalue weighted by Crippen LogP contribution is -2.49. The van der Waals surface area contributed by atoms with Gasteiger partial charge in [-0.15, -0.1) is 0 Å². The molecule has 2 heterocycles. The number of rotatable bonds is 8. The number of allylic oxidation sites excluding steroid dienone is 1. The third kappa shape index (κ3) is 5.98. The Morgan fingerprint density at radius 1 is 1.17 bits per heavy atom. The lowest BCUT2D eigenvalue weighted by molar-refractivity contribution is 0.0611. The highest BCUT2D eigenvalue weighted by atomic mass is 32.2. The van der Waals surface area contributed by atoms with Gasteiger partial charge in [0.25, 0.3) is 15.9 Å². The maximum absolute atomic E-state index is 13.0. The Bertz CT molecular complexity index is 1180. The third-order valence-electron chi connectivity index (χ3n) is 6.41. The molecule has 35 heavy (non-hydrogen) atoms. The van der Waals surface area contributed by atoms with E-state index >= 15 is 0 Å². The molecule has 0 saturated carbocycles. The molecular weight excluding hydrogens is 464 g/mol. The van der Waals surface area contributed by atoms with Gasteiger partial charge in [0.05, 0.1) is 12.3 Å². The predicted octanol–water partition coefficient (Wildman–Crippen LogP) is 3.65. The maximum atomic E-state index is 13.0. The number of carbonyl (C=O) groups is 1. The molecule has 0 bridgehead atoms. The summed E-state index contributed by atoms with van der Waals surface area (Å²) in [5.74, 6) is 0.554. The molecule has 1 atom stereocenters. The summed E-state index contributed by atoms with van der Waals surface area (Å²) in [7, 11) is -3.89.